The molecule has 1 aromatic heterocycles. The zero-order chi connectivity index (χ0) is 20.1. The van der Waals surface area contributed by atoms with E-state index in [9.17, 15) is 13.2 Å². The number of rotatable bonds is 6. The van der Waals surface area contributed by atoms with Gasteiger partial charge in [0.05, 0.1) is 24.7 Å². The number of nitrogens with zero attached hydrogens (tertiary/aromatic N) is 2. The summed E-state index contributed by atoms with van der Waals surface area (Å²) in [6.45, 7) is 3.78. The van der Waals surface area contributed by atoms with Crippen molar-refractivity contribution in [2.45, 2.75) is 18.4 Å². The van der Waals surface area contributed by atoms with Crippen molar-refractivity contribution in [3.05, 3.63) is 59.6 Å². The minimum absolute atomic E-state index is 0.168. The lowest BCUT2D eigenvalue weighted by molar-refractivity contribution is -0.125. The highest BCUT2D eigenvalue weighted by atomic mass is 32.2. The van der Waals surface area contributed by atoms with Crippen molar-refractivity contribution in [3.63, 3.8) is 0 Å². The molecule has 1 aliphatic rings. The van der Waals surface area contributed by atoms with E-state index in [2.05, 4.69) is 0 Å². The normalized spacial score (nSPS) is 15.8. The predicted molar refractivity (Wildman–Crippen MR) is 105 cm³/mol. The van der Waals surface area contributed by atoms with E-state index in [4.69, 9.17) is 9.15 Å². The van der Waals surface area contributed by atoms with Gasteiger partial charge in [-0.2, -0.15) is 4.31 Å². The molecule has 0 spiro atoms. The molecule has 150 valence electrons. The fourth-order valence-electron chi connectivity index (χ4n) is 2.86. The van der Waals surface area contributed by atoms with Gasteiger partial charge >= 0.3 is 0 Å². The molecule has 0 bridgehead atoms. The quantitative estimate of drug-likeness (QED) is 0.690. The van der Waals surface area contributed by atoms with Crippen molar-refractivity contribution >= 4 is 22.0 Å². The monoisotopic (exact) mass is 404 g/mol. The second kappa shape index (κ2) is 8.72. The summed E-state index contributed by atoms with van der Waals surface area (Å²) in [4.78, 5) is 14.0. The van der Waals surface area contributed by atoms with Gasteiger partial charge in [0.15, 0.2) is 0 Å². The Kier molecular flexibility index (Phi) is 6.33. The van der Waals surface area contributed by atoms with E-state index in [1.54, 1.807) is 42.3 Å². The summed E-state index contributed by atoms with van der Waals surface area (Å²) in [7, 11) is -1.82. The Bertz CT molecular complexity index is 941. The van der Waals surface area contributed by atoms with Gasteiger partial charge in [0, 0.05) is 26.2 Å². The number of carbonyl (C=O) groups excluding carboxylic acids is 1. The highest BCUT2D eigenvalue weighted by Crippen LogP contribution is 2.18. The van der Waals surface area contributed by atoms with Crippen LogP contribution < -0.4 is 0 Å². The van der Waals surface area contributed by atoms with Crippen LogP contribution in [0.25, 0.3) is 6.08 Å². The number of amides is 1. The van der Waals surface area contributed by atoms with E-state index in [0.29, 0.717) is 32.8 Å². The first-order chi connectivity index (χ1) is 13.4. The Hall–Kier alpha value is -2.42. The zero-order valence-electron chi connectivity index (χ0n) is 16.0. The number of benzene rings is 1. The summed E-state index contributed by atoms with van der Waals surface area (Å²) in [6.07, 6.45) is 3.12. The number of aryl methyl sites for hydroxylation is 1. The van der Waals surface area contributed by atoms with Crippen LogP contribution in [0.4, 0.5) is 0 Å². The van der Waals surface area contributed by atoms with Crippen molar-refractivity contribution < 1.29 is 22.4 Å². The number of ether oxygens (including phenoxy) is 1. The number of sulfonamides is 1. The molecular formula is C20H24N2O5S. The van der Waals surface area contributed by atoms with Crippen LogP contribution in [0.1, 0.15) is 17.1 Å². The van der Waals surface area contributed by atoms with E-state index in [1.165, 1.54) is 10.4 Å². The van der Waals surface area contributed by atoms with Gasteiger partial charge < -0.3 is 14.1 Å². The van der Waals surface area contributed by atoms with E-state index < -0.39 is 10.0 Å². The van der Waals surface area contributed by atoms with Crippen LogP contribution >= 0.6 is 0 Å². The number of hydrogen-bond donors (Lipinski definition) is 0. The molecule has 1 fully saturated rings. The Morgan fingerprint density at radius 3 is 2.43 bits per heavy atom. The van der Waals surface area contributed by atoms with Crippen molar-refractivity contribution in [2.24, 2.45) is 0 Å². The molecule has 2 heterocycles. The van der Waals surface area contributed by atoms with E-state index in [-0.39, 0.29) is 10.8 Å². The third kappa shape index (κ3) is 4.89. The minimum Gasteiger partial charge on any atom is -0.464 e. The second-order valence-corrected chi connectivity index (χ2v) is 8.56. The van der Waals surface area contributed by atoms with Crippen molar-refractivity contribution in [3.8, 4) is 0 Å². The van der Waals surface area contributed by atoms with Crippen LogP contribution in [0.15, 0.2) is 51.8 Å². The van der Waals surface area contributed by atoms with Crippen molar-refractivity contribution in [1.29, 1.82) is 0 Å². The summed E-state index contributed by atoms with van der Waals surface area (Å²) >= 11 is 0. The molecule has 28 heavy (non-hydrogen) atoms. The van der Waals surface area contributed by atoms with Gasteiger partial charge in [-0.25, -0.2) is 8.42 Å². The lowest BCUT2D eigenvalue weighted by Gasteiger charge is -2.26. The molecule has 0 N–H and O–H groups in total. The summed E-state index contributed by atoms with van der Waals surface area (Å²) < 4.78 is 37.3. The first kappa shape index (κ1) is 20.3. The standard InChI is InChI=1S/C20H24N2O5S/c1-16-3-7-18(27-16)15-21(2)20(23)10-6-17-4-8-19(9-5-17)28(24,25)22-11-13-26-14-12-22/h3-10H,11-15H2,1-2H3/b10-6+. The number of furan rings is 1. The molecular weight excluding hydrogens is 380 g/mol. The molecule has 0 unspecified atom stereocenters. The molecule has 1 saturated heterocycles. The Labute approximate surface area is 165 Å². The Morgan fingerprint density at radius 1 is 1.14 bits per heavy atom. The minimum atomic E-state index is -3.51. The van der Waals surface area contributed by atoms with Crippen LogP contribution in [0.5, 0.6) is 0 Å². The Morgan fingerprint density at radius 2 is 1.82 bits per heavy atom. The SMILES string of the molecule is Cc1ccc(CN(C)C(=O)/C=C/c2ccc(S(=O)(=O)N3CCOCC3)cc2)o1. The number of hydrogen-bond acceptors (Lipinski definition) is 5. The van der Waals surface area contributed by atoms with Gasteiger partial charge in [0.1, 0.15) is 11.5 Å². The number of likely N-dealkylation sites (N-methyl/N-ethyl adjacent to an activating group) is 1. The van der Waals surface area contributed by atoms with E-state index >= 15 is 0 Å². The fourth-order valence-corrected chi connectivity index (χ4v) is 4.27. The smallest absolute Gasteiger partial charge is 0.246 e. The van der Waals surface area contributed by atoms with Crippen LogP contribution in [0, 0.1) is 6.92 Å². The van der Waals surface area contributed by atoms with Crippen LogP contribution in [-0.4, -0.2) is 56.9 Å². The summed E-state index contributed by atoms with van der Waals surface area (Å²) in [5.41, 5.74) is 0.747. The van der Waals surface area contributed by atoms with Gasteiger partial charge in [0.25, 0.3) is 0 Å². The van der Waals surface area contributed by atoms with Gasteiger partial charge in [0.2, 0.25) is 15.9 Å². The second-order valence-electron chi connectivity index (χ2n) is 6.63. The highest BCUT2D eigenvalue weighted by molar-refractivity contribution is 7.89. The fraction of sp³-hybridized carbons (Fsp3) is 0.350. The largest absolute Gasteiger partial charge is 0.464 e. The molecule has 8 heteroatoms. The topological polar surface area (TPSA) is 80.1 Å². The lowest BCUT2D eigenvalue weighted by Crippen LogP contribution is -2.40. The van der Waals surface area contributed by atoms with Gasteiger partial charge in [-0.05, 0) is 42.8 Å². The molecule has 1 aromatic carbocycles. The van der Waals surface area contributed by atoms with Crippen molar-refractivity contribution in [1.82, 2.24) is 9.21 Å². The summed E-state index contributed by atoms with van der Waals surface area (Å²) in [5, 5.41) is 0. The van der Waals surface area contributed by atoms with Crippen molar-refractivity contribution in [2.75, 3.05) is 33.4 Å². The predicted octanol–water partition coefficient (Wildman–Crippen LogP) is 2.28. The zero-order valence-corrected chi connectivity index (χ0v) is 16.8. The third-order valence-electron chi connectivity index (χ3n) is 4.47. The molecule has 0 radical (unpaired) electrons. The highest BCUT2D eigenvalue weighted by Gasteiger charge is 2.25. The molecule has 2 aromatic rings. The van der Waals surface area contributed by atoms with Gasteiger partial charge in [-0.3, -0.25) is 4.79 Å². The van der Waals surface area contributed by atoms with E-state index in [0.717, 1.165) is 17.1 Å². The maximum absolute atomic E-state index is 12.6. The van der Waals surface area contributed by atoms with Crippen LogP contribution in [0.2, 0.25) is 0 Å². The average Bonchev–Trinajstić information content (AvgIpc) is 3.11. The van der Waals surface area contributed by atoms with E-state index in [1.807, 2.05) is 19.1 Å². The molecule has 1 aliphatic heterocycles. The summed E-state index contributed by atoms with van der Waals surface area (Å²) in [6, 6.07) is 10.2. The maximum atomic E-state index is 12.6. The molecule has 7 nitrogen and oxygen atoms in total. The third-order valence-corrected chi connectivity index (χ3v) is 6.38. The number of carbonyl (C=O) groups is 1. The molecule has 3 rings (SSSR count). The molecule has 0 atom stereocenters. The lowest BCUT2D eigenvalue weighted by atomic mass is 10.2. The van der Waals surface area contributed by atoms with Gasteiger partial charge in [-0.15, -0.1) is 0 Å². The van der Waals surface area contributed by atoms with Gasteiger partial charge in [-0.1, -0.05) is 12.1 Å². The van der Waals surface area contributed by atoms with Crippen LogP contribution in [0.3, 0.4) is 0 Å². The molecule has 0 aliphatic carbocycles. The first-order valence-electron chi connectivity index (χ1n) is 9.03. The average molecular weight is 404 g/mol. The number of morpholine rings is 1. The Balaban J connectivity index is 1.62. The molecule has 1 amide bonds. The summed E-state index contributed by atoms with van der Waals surface area (Å²) in [5.74, 6) is 1.36. The maximum Gasteiger partial charge on any atom is 0.246 e. The van der Waals surface area contributed by atoms with Crippen LogP contribution in [-0.2, 0) is 26.1 Å². The molecule has 0 saturated carbocycles. The first-order valence-corrected chi connectivity index (χ1v) is 10.5.